The van der Waals surface area contributed by atoms with Gasteiger partial charge in [-0.05, 0) is 70.1 Å². The van der Waals surface area contributed by atoms with Crippen molar-refractivity contribution in [2.75, 3.05) is 20.5 Å². The van der Waals surface area contributed by atoms with Crippen LogP contribution in [0.5, 0.6) is 0 Å². The van der Waals surface area contributed by atoms with Crippen molar-refractivity contribution in [3.05, 3.63) is 109 Å². The minimum atomic E-state index is -4.35. The van der Waals surface area contributed by atoms with Crippen LogP contribution in [0.2, 0.25) is 0 Å². The molecular formula is C30H26N2O7S3. The lowest BCUT2D eigenvalue weighted by atomic mass is 10.1. The summed E-state index contributed by atoms with van der Waals surface area (Å²) >= 11 is 0. The van der Waals surface area contributed by atoms with E-state index in [0.717, 1.165) is 20.5 Å². The van der Waals surface area contributed by atoms with Crippen molar-refractivity contribution in [1.29, 1.82) is 0 Å². The fourth-order valence-electron chi connectivity index (χ4n) is 5.21. The monoisotopic (exact) mass is 622 g/mol. The number of anilines is 2. The summed E-state index contributed by atoms with van der Waals surface area (Å²) in [6.45, 7) is 0. The highest BCUT2D eigenvalue weighted by Gasteiger charge is 2.45. The SMILES string of the molecule is O=S1(=O)C[C@H](O)[C@@H](N(c2ccc(NS(=O)(=O)c3ccc4ccccc4c3)cc2)S(=O)(=O)c2ccc3ccccc3c2)C1. The number of hydrogen-bond acceptors (Lipinski definition) is 7. The number of rotatable bonds is 7. The summed E-state index contributed by atoms with van der Waals surface area (Å²) in [6.07, 6.45) is -1.45. The van der Waals surface area contributed by atoms with Gasteiger partial charge in [-0.2, -0.15) is 0 Å². The summed E-state index contributed by atoms with van der Waals surface area (Å²) in [6, 6.07) is 28.2. The molecule has 0 bridgehead atoms. The zero-order chi connectivity index (χ0) is 29.7. The fraction of sp³-hybridized carbons (Fsp3) is 0.133. The molecule has 12 heteroatoms. The number of aliphatic hydroxyl groups is 1. The average Bonchev–Trinajstić information content (AvgIpc) is 3.24. The standard InChI is InChI=1S/C30H26N2O7S3/c33-30-20-40(34,35)19-29(30)32(42(38,39)28-16-10-22-6-2-4-8-24(22)18-28)26-13-11-25(12-14-26)31-41(36,37)27-15-9-21-5-1-3-7-23(21)17-27/h1-18,29-31,33H,19-20H2/t29-,30-/m0/s1. The normalized spacial score (nSPS) is 18.7. The summed E-state index contributed by atoms with van der Waals surface area (Å²) in [7, 11) is -12.0. The van der Waals surface area contributed by atoms with Gasteiger partial charge in [0.25, 0.3) is 20.0 Å². The van der Waals surface area contributed by atoms with Gasteiger partial charge in [0, 0.05) is 5.69 Å². The van der Waals surface area contributed by atoms with E-state index in [2.05, 4.69) is 4.72 Å². The maximum absolute atomic E-state index is 14.0. The molecule has 1 aliphatic rings. The van der Waals surface area contributed by atoms with Crippen LogP contribution < -0.4 is 9.03 Å². The van der Waals surface area contributed by atoms with Gasteiger partial charge in [0.1, 0.15) is 0 Å². The van der Waals surface area contributed by atoms with Crippen molar-refractivity contribution in [1.82, 2.24) is 0 Å². The molecule has 5 aromatic carbocycles. The summed E-state index contributed by atoms with van der Waals surface area (Å²) in [5.41, 5.74) is 0.257. The van der Waals surface area contributed by atoms with E-state index in [9.17, 15) is 30.4 Å². The first-order valence-corrected chi connectivity index (χ1v) is 17.7. The van der Waals surface area contributed by atoms with Gasteiger partial charge >= 0.3 is 0 Å². The Morgan fingerprint density at radius 1 is 0.667 bits per heavy atom. The van der Waals surface area contributed by atoms with E-state index in [1.807, 2.05) is 36.4 Å². The second kappa shape index (κ2) is 10.4. The van der Waals surface area contributed by atoms with Gasteiger partial charge in [-0.3, -0.25) is 9.03 Å². The lowest BCUT2D eigenvalue weighted by Crippen LogP contribution is -2.47. The van der Waals surface area contributed by atoms with Gasteiger partial charge in [0.15, 0.2) is 9.84 Å². The Morgan fingerprint density at radius 2 is 1.19 bits per heavy atom. The fourth-order valence-corrected chi connectivity index (χ4v) is 9.88. The second-order valence-electron chi connectivity index (χ2n) is 10.2. The molecular weight excluding hydrogens is 597 g/mol. The molecule has 1 heterocycles. The highest BCUT2D eigenvalue weighted by Crippen LogP contribution is 2.33. The molecule has 1 saturated heterocycles. The zero-order valence-electron chi connectivity index (χ0n) is 22.0. The Bertz CT molecular complexity index is 2150. The van der Waals surface area contributed by atoms with Gasteiger partial charge in [-0.1, -0.05) is 60.7 Å². The maximum atomic E-state index is 14.0. The molecule has 42 heavy (non-hydrogen) atoms. The van der Waals surface area contributed by atoms with E-state index in [1.54, 1.807) is 30.3 Å². The summed E-state index contributed by atoms with van der Waals surface area (Å²) in [4.78, 5) is -0.0103. The molecule has 0 unspecified atom stereocenters. The number of sulfonamides is 2. The van der Waals surface area contributed by atoms with E-state index < -0.39 is 53.5 Å². The van der Waals surface area contributed by atoms with Crippen LogP contribution in [-0.2, 0) is 29.9 Å². The molecule has 0 radical (unpaired) electrons. The van der Waals surface area contributed by atoms with Crippen molar-refractivity contribution in [3.63, 3.8) is 0 Å². The predicted octanol–water partition coefficient (Wildman–Crippen LogP) is 4.15. The average molecular weight is 623 g/mol. The van der Waals surface area contributed by atoms with Crippen molar-refractivity contribution in [3.8, 4) is 0 Å². The molecule has 5 aromatic rings. The number of nitrogens with one attached hydrogen (secondary N) is 1. The van der Waals surface area contributed by atoms with E-state index in [-0.39, 0.29) is 21.2 Å². The summed E-state index contributed by atoms with van der Waals surface area (Å²) in [5, 5.41) is 13.8. The van der Waals surface area contributed by atoms with Gasteiger partial charge in [0.2, 0.25) is 0 Å². The highest BCUT2D eigenvalue weighted by atomic mass is 32.2. The minimum Gasteiger partial charge on any atom is -0.390 e. The molecule has 0 aromatic heterocycles. The molecule has 2 atom stereocenters. The van der Waals surface area contributed by atoms with Crippen LogP contribution in [-0.4, -0.2) is 54.0 Å². The summed E-state index contributed by atoms with van der Waals surface area (Å²) < 4.78 is 82.5. The van der Waals surface area contributed by atoms with Crippen LogP contribution in [0.1, 0.15) is 0 Å². The lowest BCUT2D eigenvalue weighted by Gasteiger charge is -2.31. The highest BCUT2D eigenvalue weighted by molar-refractivity contribution is 7.93. The topological polar surface area (TPSA) is 138 Å². The Balaban J connectivity index is 1.36. The number of sulfone groups is 1. The molecule has 2 N–H and O–H groups in total. The van der Waals surface area contributed by atoms with Gasteiger partial charge in [-0.25, -0.2) is 25.3 Å². The first-order chi connectivity index (χ1) is 19.9. The quantitative estimate of drug-likeness (QED) is 0.278. The number of benzene rings is 5. The second-order valence-corrected chi connectivity index (χ2v) is 15.8. The van der Waals surface area contributed by atoms with Gasteiger partial charge in [-0.15, -0.1) is 0 Å². The number of nitrogens with zero attached hydrogens (tertiary/aromatic N) is 1. The van der Waals surface area contributed by atoms with Crippen LogP contribution in [0.4, 0.5) is 11.4 Å². The first kappa shape index (κ1) is 28.2. The smallest absolute Gasteiger partial charge is 0.264 e. The Labute approximate surface area is 244 Å². The molecule has 9 nitrogen and oxygen atoms in total. The van der Waals surface area contributed by atoms with E-state index in [0.29, 0.717) is 5.39 Å². The summed E-state index contributed by atoms with van der Waals surface area (Å²) in [5.74, 6) is -1.12. The molecule has 0 spiro atoms. The zero-order valence-corrected chi connectivity index (χ0v) is 24.5. The first-order valence-electron chi connectivity index (χ1n) is 13.0. The molecule has 0 amide bonds. The molecule has 0 aliphatic carbocycles. The molecule has 216 valence electrons. The molecule has 1 fully saturated rings. The third-order valence-electron chi connectivity index (χ3n) is 7.28. The van der Waals surface area contributed by atoms with Crippen molar-refractivity contribution >= 4 is 62.8 Å². The Kier molecular flexibility index (Phi) is 6.97. The van der Waals surface area contributed by atoms with Crippen molar-refractivity contribution in [2.24, 2.45) is 0 Å². The third kappa shape index (κ3) is 5.34. The molecule has 6 rings (SSSR count). The Morgan fingerprint density at radius 3 is 1.74 bits per heavy atom. The van der Waals surface area contributed by atoms with Gasteiger partial charge in [0.05, 0.1) is 39.1 Å². The van der Waals surface area contributed by atoms with Crippen molar-refractivity contribution in [2.45, 2.75) is 21.9 Å². The van der Waals surface area contributed by atoms with Crippen LogP contribution >= 0.6 is 0 Å². The van der Waals surface area contributed by atoms with Crippen LogP contribution in [0, 0.1) is 0 Å². The van der Waals surface area contributed by atoms with Crippen LogP contribution in [0.3, 0.4) is 0 Å². The number of aliphatic hydroxyl groups excluding tert-OH is 1. The lowest BCUT2D eigenvalue weighted by molar-refractivity contribution is 0.184. The van der Waals surface area contributed by atoms with E-state index >= 15 is 0 Å². The Hall–Kier alpha value is -3.97. The minimum absolute atomic E-state index is 0.0602. The number of hydrogen-bond donors (Lipinski definition) is 2. The largest absolute Gasteiger partial charge is 0.390 e. The van der Waals surface area contributed by atoms with E-state index in [4.69, 9.17) is 0 Å². The van der Waals surface area contributed by atoms with Crippen molar-refractivity contribution < 1.29 is 30.4 Å². The van der Waals surface area contributed by atoms with Gasteiger partial charge < -0.3 is 5.11 Å². The maximum Gasteiger partial charge on any atom is 0.264 e. The van der Waals surface area contributed by atoms with Crippen LogP contribution in [0.15, 0.2) is 119 Å². The van der Waals surface area contributed by atoms with Crippen LogP contribution in [0.25, 0.3) is 21.5 Å². The predicted molar refractivity (Wildman–Crippen MR) is 163 cm³/mol. The third-order valence-corrected chi connectivity index (χ3v) is 12.2. The molecule has 1 aliphatic heterocycles. The van der Waals surface area contributed by atoms with E-state index in [1.165, 1.54) is 42.5 Å². The molecule has 0 saturated carbocycles. The number of fused-ring (bicyclic) bond motifs is 2.